The molecule has 0 spiro atoms. The molecular formula is C23H18F4N2O5. The normalized spacial score (nSPS) is 11.0. The van der Waals surface area contributed by atoms with Gasteiger partial charge in [-0.2, -0.15) is 0 Å². The molecule has 0 saturated heterocycles. The van der Waals surface area contributed by atoms with Crippen molar-refractivity contribution in [2.24, 2.45) is 0 Å². The van der Waals surface area contributed by atoms with Crippen LogP contribution in [0.15, 0.2) is 48.7 Å². The maximum absolute atomic E-state index is 14.8. The molecule has 3 rings (SSSR count). The fourth-order valence-corrected chi connectivity index (χ4v) is 2.93. The summed E-state index contributed by atoms with van der Waals surface area (Å²) in [7, 11) is 1.20. The number of pyridine rings is 1. The summed E-state index contributed by atoms with van der Waals surface area (Å²) in [5.41, 5.74) is 0.354. The van der Waals surface area contributed by atoms with E-state index in [2.05, 4.69) is 15.0 Å². The third-order valence-corrected chi connectivity index (χ3v) is 4.40. The number of hydrogen-bond acceptors (Lipinski definition) is 6. The molecule has 178 valence electrons. The Morgan fingerprint density at radius 3 is 2.32 bits per heavy atom. The molecular weight excluding hydrogens is 460 g/mol. The molecule has 1 aromatic heterocycles. The van der Waals surface area contributed by atoms with Gasteiger partial charge < -0.3 is 19.5 Å². The molecule has 0 radical (unpaired) electrons. The third-order valence-electron chi connectivity index (χ3n) is 4.40. The fraction of sp³-hybridized carbons (Fsp3) is 0.174. The van der Waals surface area contributed by atoms with E-state index >= 15 is 0 Å². The second-order valence-corrected chi connectivity index (χ2v) is 7.02. The van der Waals surface area contributed by atoms with Crippen LogP contribution in [0.2, 0.25) is 0 Å². The van der Waals surface area contributed by atoms with Gasteiger partial charge in [0.2, 0.25) is 0 Å². The molecule has 0 aliphatic rings. The zero-order chi connectivity index (χ0) is 25.0. The van der Waals surface area contributed by atoms with Gasteiger partial charge >= 0.3 is 6.36 Å². The summed E-state index contributed by atoms with van der Waals surface area (Å²) < 4.78 is 66.8. The minimum atomic E-state index is -4.91. The van der Waals surface area contributed by atoms with Crippen LogP contribution in [-0.2, 0) is 0 Å². The molecule has 7 nitrogen and oxygen atoms in total. The summed E-state index contributed by atoms with van der Waals surface area (Å²) in [6.45, 7) is 2.90. The quantitative estimate of drug-likeness (QED) is 0.347. The first-order valence-corrected chi connectivity index (χ1v) is 9.67. The van der Waals surface area contributed by atoms with Crippen molar-refractivity contribution >= 4 is 17.4 Å². The number of ketones is 1. The number of nitrogens with zero attached hydrogens (tertiary/aromatic N) is 1. The van der Waals surface area contributed by atoms with Gasteiger partial charge in [-0.25, -0.2) is 4.39 Å². The highest BCUT2D eigenvalue weighted by atomic mass is 19.4. The number of nitrogens with one attached hydrogen (secondary N) is 1. The molecule has 3 aromatic rings. The SMILES string of the molecule is COc1cc(OC(F)(F)F)ccc1Oc1cc(C)cc(F)c1C(=O)Nc1ccc(C(C)=O)nc1. The largest absolute Gasteiger partial charge is 0.573 e. The summed E-state index contributed by atoms with van der Waals surface area (Å²) >= 11 is 0. The van der Waals surface area contributed by atoms with Crippen LogP contribution in [0.1, 0.15) is 33.3 Å². The summed E-state index contributed by atoms with van der Waals surface area (Å²) in [4.78, 5) is 28.1. The highest BCUT2D eigenvalue weighted by molar-refractivity contribution is 6.06. The van der Waals surface area contributed by atoms with Crippen LogP contribution in [0.5, 0.6) is 23.0 Å². The summed E-state index contributed by atoms with van der Waals surface area (Å²) in [5, 5.41) is 2.47. The van der Waals surface area contributed by atoms with Crippen LogP contribution in [0, 0.1) is 12.7 Å². The number of carbonyl (C=O) groups is 2. The first kappa shape index (κ1) is 24.5. The van der Waals surface area contributed by atoms with E-state index in [0.717, 1.165) is 24.3 Å². The molecule has 0 fully saturated rings. The Hall–Kier alpha value is -4.15. The van der Waals surface area contributed by atoms with Crippen molar-refractivity contribution in [1.82, 2.24) is 4.98 Å². The molecule has 34 heavy (non-hydrogen) atoms. The number of methoxy groups -OCH3 is 1. The summed E-state index contributed by atoms with van der Waals surface area (Å²) in [6, 6.07) is 8.39. The Labute approximate surface area is 191 Å². The second kappa shape index (κ2) is 9.77. The lowest BCUT2D eigenvalue weighted by Crippen LogP contribution is -2.17. The van der Waals surface area contributed by atoms with Gasteiger partial charge in [-0.05, 0) is 48.9 Å². The van der Waals surface area contributed by atoms with E-state index < -0.39 is 29.4 Å². The molecule has 1 amide bonds. The number of hydrogen-bond donors (Lipinski definition) is 1. The van der Waals surface area contributed by atoms with Gasteiger partial charge in [0.1, 0.15) is 28.6 Å². The van der Waals surface area contributed by atoms with E-state index in [9.17, 15) is 27.2 Å². The number of benzene rings is 2. The predicted molar refractivity (Wildman–Crippen MR) is 113 cm³/mol. The standard InChI is InChI=1S/C23H18F4N2O5/c1-12-8-16(24)21(22(31)29-14-4-6-17(13(2)30)28-11-14)20(9-12)33-18-7-5-15(10-19(18)32-3)34-23(25,26)27/h4-11H,1-3H3,(H,29,31). The lowest BCUT2D eigenvalue weighted by Gasteiger charge is -2.16. The van der Waals surface area contributed by atoms with E-state index in [1.165, 1.54) is 38.4 Å². The lowest BCUT2D eigenvalue weighted by molar-refractivity contribution is -0.274. The first-order valence-electron chi connectivity index (χ1n) is 9.67. The number of halogens is 4. The van der Waals surface area contributed by atoms with Gasteiger partial charge in [-0.1, -0.05) is 0 Å². The molecule has 1 N–H and O–H groups in total. The number of aryl methyl sites for hydroxylation is 1. The Bertz CT molecular complexity index is 1230. The average molecular weight is 478 g/mol. The molecule has 2 aromatic carbocycles. The van der Waals surface area contributed by atoms with Gasteiger partial charge in [-0.3, -0.25) is 14.6 Å². The number of alkyl halides is 3. The minimum absolute atomic E-state index is 0.0800. The van der Waals surface area contributed by atoms with Crippen molar-refractivity contribution < 1.29 is 41.4 Å². The number of Topliss-reactive ketones (excluding diaryl/α,β-unsaturated/α-hetero) is 1. The number of aromatic nitrogens is 1. The predicted octanol–water partition coefficient (Wildman–Crippen LogP) is 5.68. The van der Waals surface area contributed by atoms with Crippen LogP contribution in [0.4, 0.5) is 23.2 Å². The monoisotopic (exact) mass is 478 g/mol. The van der Waals surface area contributed by atoms with Gasteiger partial charge in [0, 0.05) is 13.0 Å². The number of carbonyl (C=O) groups excluding carboxylic acids is 2. The van der Waals surface area contributed by atoms with Crippen LogP contribution >= 0.6 is 0 Å². The molecule has 0 aliphatic carbocycles. The maximum Gasteiger partial charge on any atom is 0.573 e. The number of rotatable bonds is 7. The van der Waals surface area contributed by atoms with Crippen molar-refractivity contribution in [2.75, 3.05) is 12.4 Å². The maximum atomic E-state index is 14.8. The zero-order valence-corrected chi connectivity index (χ0v) is 18.1. The molecule has 0 atom stereocenters. The van der Waals surface area contributed by atoms with Gasteiger partial charge in [0.15, 0.2) is 17.3 Å². The zero-order valence-electron chi connectivity index (χ0n) is 18.1. The number of ether oxygens (including phenoxy) is 3. The van der Waals surface area contributed by atoms with E-state index in [1.54, 1.807) is 6.92 Å². The highest BCUT2D eigenvalue weighted by Gasteiger charge is 2.31. The van der Waals surface area contributed by atoms with E-state index in [-0.39, 0.29) is 34.4 Å². The van der Waals surface area contributed by atoms with E-state index in [0.29, 0.717) is 5.56 Å². The Balaban J connectivity index is 1.92. The Morgan fingerprint density at radius 1 is 1.00 bits per heavy atom. The van der Waals surface area contributed by atoms with Crippen LogP contribution in [0.3, 0.4) is 0 Å². The molecule has 0 aliphatic heterocycles. The number of amides is 1. The van der Waals surface area contributed by atoms with Crippen molar-refractivity contribution in [3.8, 4) is 23.0 Å². The number of anilines is 1. The molecule has 0 unspecified atom stereocenters. The molecule has 11 heteroatoms. The van der Waals surface area contributed by atoms with Crippen molar-refractivity contribution in [1.29, 1.82) is 0 Å². The van der Waals surface area contributed by atoms with Crippen LogP contribution in [0.25, 0.3) is 0 Å². The minimum Gasteiger partial charge on any atom is -0.493 e. The van der Waals surface area contributed by atoms with E-state index in [1.807, 2.05) is 0 Å². The van der Waals surface area contributed by atoms with Crippen molar-refractivity contribution in [3.63, 3.8) is 0 Å². The third kappa shape index (κ3) is 6.00. The lowest BCUT2D eigenvalue weighted by atomic mass is 10.1. The molecule has 0 saturated carbocycles. The van der Waals surface area contributed by atoms with Crippen molar-refractivity contribution in [2.45, 2.75) is 20.2 Å². The first-order chi connectivity index (χ1) is 16.0. The summed E-state index contributed by atoms with van der Waals surface area (Å²) in [5.74, 6) is -3.00. The van der Waals surface area contributed by atoms with Crippen LogP contribution < -0.4 is 19.5 Å². The smallest absolute Gasteiger partial charge is 0.493 e. The van der Waals surface area contributed by atoms with Gasteiger partial charge in [0.25, 0.3) is 5.91 Å². The fourth-order valence-electron chi connectivity index (χ4n) is 2.93. The van der Waals surface area contributed by atoms with Crippen LogP contribution in [-0.4, -0.2) is 30.1 Å². The molecule has 0 bridgehead atoms. The van der Waals surface area contributed by atoms with Gasteiger partial charge in [-0.15, -0.1) is 13.2 Å². The average Bonchev–Trinajstić information content (AvgIpc) is 2.73. The highest BCUT2D eigenvalue weighted by Crippen LogP contribution is 2.38. The molecule has 1 heterocycles. The Morgan fingerprint density at radius 2 is 1.74 bits per heavy atom. The Kier molecular flexibility index (Phi) is 7.04. The van der Waals surface area contributed by atoms with Gasteiger partial charge in [0.05, 0.1) is 19.0 Å². The van der Waals surface area contributed by atoms with Crippen molar-refractivity contribution in [3.05, 3.63) is 71.3 Å². The topological polar surface area (TPSA) is 86.8 Å². The van der Waals surface area contributed by atoms with E-state index in [4.69, 9.17) is 9.47 Å². The second-order valence-electron chi connectivity index (χ2n) is 7.02. The summed E-state index contributed by atoms with van der Waals surface area (Å²) in [6.07, 6.45) is -3.67.